The van der Waals surface area contributed by atoms with Crippen molar-refractivity contribution in [1.29, 1.82) is 0 Å². The molecule has 1 rings (SSSR count). The fourth-order valence-corrected chi connectivity index (χ4v) is 1.32. The Morgan fingerprint density at radius 3 is 2.71 bits per heavy atom. The summed E-state index contributed by atoms with van der Waals surface area (Å²) in [7, 11) is 0. The molecule has 3 heteroatoms. The lowest BCUT2D eigenvalue weighted by molar-refractivity contribution is 0.132. The minimum atomic E-state index is 0.838. The zero-order valence-electron chi connectivity index (χ0n) is 9.35. The van der Waals surface area contributed by atoms with Crippen LogP contribution in [0.1, 0.15) is 32.6 Å². The predicted octanol–water partition coefficient (Wildman–Crippen LogP) is 1.14. The van der Waals surface area contributed by atoms with Crippen LogP contribution >= 0.6 is 0 Å². The normalized spacial score (nSPS) is 16.1. The molecule has 3 nitrogen and oxygen atoms in total. The molecular weight excluding hydrogens is 176 g/mol. The van der Waals surface area contributed by atoms with Crippen LogP contribution in [-0.4, -0.2) is 38.9 Å². The first kappa shape index (κ1) is 12.0. The molecule has 0 unspecified atom stereocenters. The molecule has 2 N–H and O–H groups in total. The van der Waals surface area contributed by atoms with Crippen LogP contribution in [-0.2, 0) is 4.74 Å². The highest BCUT2D eigenvalue weighted by atomic mass is 16.5. The summed E-state index contributed by atoms with van der Waals surface area (Å²) < 4.78 is 5.38. The summed E-state index contributed by atoms with van der Waals surface area (Å²) in [6, 6.07) is 0.838. The van der Waals surface area contributed by atoms with E-state index in [9.17, 15) is 0 Å². The van der Waals surface area contributed by atoms with Crippen LogP contribution in [0.5, 0.6) is 0 Å². The summed E-state index contributed by atoms with van der Waals surface area (Å²) in [6.07, 6.45) is 5.01. The smallest absolute Gasteiger partial charge is 0.0478 e. The summed E-state index contributed by atoms with van der Waals surface area (Å²) in [6.45, 7) is 7.22. The molecule has 0 bridgehead atoms. The third kappa shape index (κ3) is 7.30. The fraction of sp³-hybridized carbons (Fsp3) is 1.00. The molecule has 0 saturated heterocycles. The lowest BCUT2D eigenvalue weighted by Crippen LogP contribution is -2.29. The van der Waals surface area contributed by atoms with Gasteiger partial charge in [-0.25, -0.2) is 0 Å². The second-order valence-corrected chi connectivity index (χ2v) is 3.94. The molecule has 0 aromatic carbocycles. The van der Waals surface area contributed by atoms with Crippen molar-refractivity contribution in [3.8, 4) is 0 Å². The van der Waals surface area contributed by atoms with Gasteiger partial charge in [-0.3, -0.25) is 0 Å². The Balaban J connectivity index is 1.63. The first-order chi connectivity index (χ1) is 6.93. The standard InChI is InChI=1S/C11H24N2O/c1-2-9-14-10-3-6-12-7-8-13-11-4-5-11/h11-13H,2-10H2,1H3. The number of hydrogen-bond acceptors (Lipinski definition) is 3. The first-order valence-corrected chi connectivity index (χ1v) is 5.95. The van der Waals surface area contributed by atoms with Gasteiger partial charge in [-0.05, 0) is 32.2 Å². The Kier molecular flexibility index (Phi) is 7.01. The molecule has 0 amide bonds. The van der Waals surface area contributed by atoms with Gasteiger partial charge in [-0.2, -0.15) is 0 Å². The van der Waals surface area contributed by atoms with E-state index in [0.29, 0.717) is 0 Å². The average molecular weight is 200 g/mol. The van der Waals surface area contributed by atoms with Crippen molar-refractivity contribution in [1.82, 2.24) is 10.6 Å². The van der Waals surface area contributed by atoms with Gasteiger partial charge in [0.2, 0.25) is 0 Å². The van der Waals surface area contributed by atoms with E-state index >= 15 is 0 Å². The molecule has 0 heterocycles. The van der Waals surface area contributed by atoms with Crippen LogP contribution in [0, 0.1) is 0 Å². The molecule has 84 valence electrons. The Labute approximate surface area is 87.6 Å². The number of rotatable bonds is 10. The third-order valence-corrected chi connectivity index (χ3v) is 2.30. The van der Waals surface area contributed by atoms with Crippen molar-refractivity contribution < 1.29 is 4.74 Å². The zero-order valence-corrected chi connectivity index (χ0v) is 9.35. The average Bonchev–Trinajstić information content (AvgIpc) is 2.99. The Morgan fingerprint density at radius 1 is 1.14 bits per heavy atom. The van der Waals surface area contributed by atoms with Gasteiger partial charge in [0.05, 0.1) is 0 Å². The molecule has 0 aromatic heterocycles. The Hall–Kier alpha value is -0.120. The second kappa shape index (κ2) is 8.21. The van der Waals surface area contributed by atoms with Crippen LogP contribution in [0.25, 0.3) is 0 Å². The minimum Gasteiger partial charge on any atom is -0.381 e. The molecule has 14 heavy (non-hydrogen) atoms. The molecule has 1 fully saturated rings. The third-order valence-electron chi connectivity index (χ3n) is 2.30. The fourth-order valence-electron chi connectivity index (χ4n) is 1.32. The number of nitrogens with one attached hydrogen (secondary N) is 2. The van der Waals surface area contributed by atoms with E-state index < -0.39 is 0 Å². The van der Waals surface area contributed by atoms with E-state index in [1.54, 1.807) is 0 Å². The van der Waals surface area contributed by atoms with Crippen molar-refractivity contribution in [3.05, 3.63) is 0 Å². The van der Waals surface area contributed by atoms with Gasteiger partial charge in [-0.15, -0.1) is 0 Å². The van der Waals surface area contributed by atoms with Gasteiger partial charge in [0.25, 0.3) is 0 Å². The molecular formula is C11H24N2O. The molecule has 0 aliphatic heterocycles. The van der Waals surface area contributed by atoms with Gasteiger partial charge >= 0.3 is 0 Å². The summed E-state index contributed by atoms with van der Waals surface area (Å²) in [4.78, 5) is 0. The monoisotopic (exact) mass is 200 g/mol. The molecule has 0 radical (unpaired) electrons. The van der Waals surface area contributed by atoms with Crippen LogP contribution in [0.4, 0.5) is 0 Å². The predicted molar refractivity (Wildman–Crippen MR) is 59.6 cm³/mol. The molecule has 0 atom stereocenters. The van der Waals surface area contributed by atoms with Crippen LogP contribution in [0.15, 0.2) is 0 Å². The summed E-state index contributed by atoms with van der Waals surface area (Å²) in [5, 5.41) is 6.88. The van der Waals surface area contributed by atoms with Gasteiger partial charge in [-0.1, -0.05) is 6.92 Å². The molecule has 0 spiro atoms. The summed E-state index contributed by atoms with van der Waals surface area (Å²) in [5.41, 5.74) is 0. The highest BCUT2D eigenvalue weighted by Crippen LogP contribution is 2.17. The second-order valence-electron chi connectivity index (χ2n) is 3.94. The van der Waals surface area contributed by atoms with Gasteiger partial charge in [0, 0.05) is 32.3 Å². The van der Waals surface area contributed by atoms with Crippen molar-refractivity contribution in [2.24, 2.45) is 0 Å². The van der Waals surface area contributed by atoms with E-state index in [-0.39, 0.29) is 0 Å². The van der Waals surface area contributed by atoms with E-state index in [0.717, 1.165) is 51.7 Å². The van der Waals surface area contributed by atoms with Crippen molar-refractivity contribution in [3.63, 3.8) is 0 Å². The quantitative estimate of drug-likeness (QED) is 0.519. The van der Waals surface area contributed by atoms with E-state index in [1.807, 2.05) is 0 Å². The molecule has 1 aliphatic carbocycles. The van der Waals surface area contributed by atoms with E-state index in [2.05, 4.69) is 17.6 Å². The van der Waals surface area contributed by atoms with Gasteiger partial charge in [0.1, 0.15) is 0 Å². The van der Waals surface area contributed by atoms with Crippen LogP contribution in [0.3, 0.4) is 0 Å². The van der Waals surface area contributed by atoms with Crippen LogP contribution in [0.2, 0.25) is 0 Å². The minimum absolute atomic E-state index is 0.838. The topological polar surface area (TPSA) is 33.3 Å². The van der Waals surface area contributed by atoms with Crippen molar-refractivity contribution >= 4 is 0 Å². The number of ether oxygens (including phenoxy) is 1. The highest BCUT2D eigenvalue weighted by Gasteiger charge is 2.19. The lowest BCUT2D eigenvalue weighted by Gasteiger charge is -2.05. The Morgan fingerprint density at radius 2 is 2.00 bits per heavy atom. The molecule has 1 aliphatic rings. The number of hydrogen-bond donors (Lipinski definition) is 2. The Bertz CT molecular complexity index is 126. The molecule has 0 aromatic rings. The summed E-state index contributed by atoms with van der Waals surface area (Å²) >= 11 is 0. The largest absolute Gasteiger partial charge is 0.381 e. The highest BCUT2D eigenvalue weighted by molar-refractivity contribution is 4.80. The van der Waals surface area contributed by atoms with E-state index in [1.165, 1.54) is 12.8 Å². The SMILES string of the molecule is CCCOCCCNCCNC1CC1. The van der Waals surface area contributed by atoms with Gasteiger partial charge < -0.3 is 15.4 Å². The maximum atomic E-state index is 5.38. The lowest BCUT2D eigenvalue weighted by atomic mass is 10.4. The van der Waals surface area contributed by atoms with Gasteiger partial charge in [0.15, 0.2) is 0 Å². The zero-order chi connectivity index (χ0) is 10.1. The van der Waals surface area contributed by atoms with Crippen LogP contribution < -0.4 is 10.6 Å². The van der Waals surface area contributed by atoms with Crippen molar-refractivity contribution in [2.75, 3.05) is 32.8 Å². The molecule has 1 saturated carbocycles. The summed E-state index contributed by atoms with van der Waals surface area (Å²) in [5.74, 6) is 0. The van der Waals surface area contributed by atoms with E-state index in [4.69, 9.17) is 4.74 Å². The maximum Gasteiger partial charge on any atom is 0.0478 e. The first-order valence-electron chi connectivity index (χ1n) is 5.95. The van der Waals surface area contributed by atoms with Crippen molar-refractivity contribution in [2.45, 2.75) is 38.6 Å². The maximum absolute atomic E-state index is 5.38.